The summed E-state index contributed by atoms with van der Waals surface area (Å²) in [6.45, 7) is 10.3. The molecule has 1 aliphatic carbocycles. The van der Waals surface area contributed by atoms with Crippen molar-refractivity contribution in [3.05, 3.63) is 61.4 Å². The minimum absolute atomic E-state index is 0. The summed E-state index contributed by atoms with van der Waals surface area (Å²) in [5, 5.41) is 24.2. The summed E-state index contributed by atoms with van der Waals surface area (Å²) in [5.41, 5.74) is 0. The van der Waals surface area contributed by atoms with Gasteiger partial charge in [-0.2, -0.15) is 6.08 Å². The van der Waals surface area contributed by atoms with Crippen molar-refractivity contribution < 1.29 is 37.0 Å². The van der Waals surface area contributed by atoms with E-state index in [2.05, 4.69) is 12.2 Å². The van der Waals surface area contributed by atoms with E-state index in [1.54, 1.807) is 41.5 Å². The number of aliphatic hydroxyl groups is 3. The molecule has 0 aliphatic heterocycles. The molecule has 0 radical (unpaired) electrons. The van der Waals surface area contributed by atoms with Gasteiger partial charge in [-0.05, 0) is 41.5 Å². The molecule has 0 saturated carbocycles. The third kappa shape index (κ3) is 345. The Morgan fingerprint density at radius 3 is 0.957 bits per heavy atom. The Hall–Kier alpha value is 0.0743. The van der Waals surface area contributed by atoms with Crippen LogP contribution in [0.2, 0.25) is 0 Å². The van der Waals surface area contributed by atoms with E-state index in [9.17, 15) is 0 Å². The van der Waals surface area contributed by atoms with E-state index in [0.717, 1.165) is 6.42 Å². The van der Waals surface area contributed by atoms with E-state index < -0.39 is 0 Å². The summed E-state index contributed by atoms with van der Waals surface area (Å²) in [5.74, 6) is 0. The number of allylic oxidation sites excluding steroid dienone is 4. The molecule has 3 N–H and O–H groups in total. The molecule has 0 aromatic heterocycles. The van der Waals surface area contributed by atoms with Crippen LogP contribution >= 0.6 is 0 Å². The summed E-state index contributed by atoms with van der Waals surface area (Å²) >= 11 is 0. The zero-order valence-corrected chi connectivity index (χ0v) is 19.1. The second kappa shape index (κ2) is 49.5. The Kier molecular flexibility index (Phi) is 122. The standard InChI is InChI=1S/C5H5.3C3H8O.5CH3.Ti/c1-2-4-5-3-1;3*1-3(2)4;;;;;;/h1-3H,4H2;3*3-4H,1-2H3;5*1H3;/q-1;;;;5*-1;. The molecular formula is C19H44O3Ti-6. The Labute approximate surface area is 164 Å². The summed E-state index contributed by atoms with van der Waals surface area (Å²) in [7, 11) is 0. The average molecular weight is 368 g/mol. The van der Waals surface area contributed by atoms with Crippen molar-refractivity contribution in [1.82, 2.24) is 0 Å². The molecule has 0 aromatic carbocycles. The molecule has 4 heteroatoms. The molecule has 0 amide bonds. The number of hydrogen-bond donors (Lipinski definition) is 3. The second-order valence-corrected chi connectivity index (χ2v) is 4.28. The maximum atomic E-state index is 8.06. The largest absolute Gasteiger partial charge is 0.394 e. The average Bonchev–Trinajstić information content (AvgIpc) is 2.53. The van der Waals surface area contributed by atoms with Crippen LogP contribution in [-0.4, -0.2) is 33.6 Å². The van der Waals surface area contributed by atoms with Crippen LogP contribution in [0.15, 0.2) is 18.2 Å². The van der Waals surface area contributed by atoms with Crippen LogP contribution < -0.4 is 0 Å². The quantitative estimate of drug-likeness (QED) is 0.428. The molecule has 0 unspecified atom stereocenters. The summed E-state index contributed by atoms with van der Waals surface area (Å²) < 4.78 is 0. The maximum Gasteiger partial charge on any atom is 0.0483 e. The van der Waals surface area contributed by atoms with Gasteiger partial charge in [0.15, 0.2) is 0 Å². The van der Waals surface area contributed by atoms with Crippen molar-refractivity contribution in [1.29, 1.82) is 0 Å². The van der Waals surface area contributed by atoms with Gasteiger partial charge in [0.25, 0.3) is 0 Å². The SMILES string of the molecule is CC(C)O.CC(C)O.CC(C)O.[C-]1=CC=CC1.[CH3-].[CH3-].[CH3-].[CH3-].[CH3-].[Ti]. The molecule has 3 nitrogen and oxygen atoms in total. The summed E-state index contributed by atoms with van der Waals surface area (Å²) in [6.07, 6.45) is 9.50. The van der Waals surface area contributed by atoms with E-state index in [1.165, 1.54) is 0 Å². The predicted molar refractivity (Wildman–Crippen MR) is 106 cm³/mol. The van der Waals surface area contributed by atoms with Crippen LogP contribution in [0.5, 0.6) is 0 Å². The fourth-order valence-corrected chi connectivity index (χ4v) is 0.340. The van der Waals surface area contributed by atoms with Gasteiger partial charge in [0.2, 0.25) is 0 Å². The van der Waals surface area contributed by atoms with Crippen LogP contribution in [0.25, 0.3) is 0 Å². The van der Waals surface area contributed by atoms with E-state index in [-0.39, 0.29) is 77.2 Å². The van der Waals surface area contributed by atoms with Gasteiger partial charge in [-0.25, -0.2) is 12.2 Å². The fraction of sp³-hybridized carbons (Fsp3) is 0.526. The van der Waals surface area contributed by atoms with Gasteiger partial charge in [-0.1, -0.05) is 0 Å². The maximum absolute atomic E-state index is 8.06. The van der Waals surface area contributed by atoms with Crippen molar-refractivity contribution in [3.8, 4) is 0 Å². The molecule has 0 atom stereocenters. The Bertz CT molecular complexity index is 145. The molecule has 1 rings (SSSR count). The summed E-state index contributed by atoms with van der Waals surface area (Å²) in [4.78, 5) is 0. The van der Waals surface area contributed by atoms with Gasteiger partial charge in [-0.15, -0.1) is 6.42 Å². The first-order chi connectivity index (χ1) is 7.70. The van der Waals surface area contributed by atoms with Gasteiger partial charge in [0.1, 0.15) is 0 Å². The molecule has 0 spiro atoms. The normalized spacial score (nSPS) is 8.52. The zero-order valence-electron chi connectivity index (χ0n) is 17.5. The third-order valence-corrected chi connectivity index (χ3v) is 0.586. The van der Waals surface area contributed by atoms with E-state index in [4.69, 9.17) is 15.3 Å². The molecule has 148 valence electrons. The van der Waals surface area contributed by atoms with Crippen LogP contribution in [0, 0.1) is 43.2 Å². The smallest absolute Gasteiger partial charge is 0.0483 e. The van der Waals surface area contributed by atoms with Crippen LogP contribution in [0.4, 0.5) is 0 Å². The van der Waals surface area contributed by atoms with Gasteiger partial charge in [0, 0.05) is 40.0 Å². The van der Waals surface area contributed by atoms with Crippen LogP contribution in [0.3, 0.4) is 0 Å². The van der Waals surface area contributed by atoms with Gasteiger partial charge < -0.3 is 52.5 Å². The van der Waals surface area contributed by atoms with Gasteiger partial charge in [-0.3, -0.25) is 6.08 Å². The molecule has 23 heavy (non-hydrogen) atoms. The third-order valence-electron chi connectivity index (χ3n) is 0.586. The van der Waals surface area contributed by atoms with Gasteiger partial charge >= 0.3 is 0 Å². The zero-order chi connectivity index (χ0) is 14.3. The molecule has 1 aliphatic rings. The van der Waals surface area contributed by atoms with Crippen LogP contribution in [0.1, 0.15) is 48.0 Å². The molecule has 0 fully saturated rings. The Morgan fingerprint density at radius 1 is 0.696 bits per heavy atom. The first-order valence-corrected chi connectivity index (χ1v) is 5.96. The topological polar surface area (TPSA) is 60.7 Å². The van der Waals surface area contributed by atoms with Gasteiger partial charge in [0.05, 0.1) is 0 Å². The molecule has 0 heterocycles. The van der Waals surface area contributed by atoms with Crippen molar-refractivity contribution in [3.63, 3.8) is 0 Å². The number of hydrogen-bond acceptors (Lipinski definition) is 3. The fourth-order valence-electron chi connectivity index (χ4n) is 0.340. The monoisotopic (exact) mass is 368 g/mol. The minimum atomic E-state index is -0.167. The number of aliphatic hydroxyl groups excluding tert-OH is 3. The van der Waals surface area contributed by atoms with Crippen LogP contribution in [-0.2, 0) is 21.7 Å². The predicted octanol–water partition coefficient (Wildman–Crippen LogP) is 4.72. The second-order valence-electron chi connectivity index (χ2n) is 4.28. The Morgan fingerprint density at radius 2 is 0.913 bits per heavy atom. The molecule has 0 saturated heterocycles. The first kappa shape index (κ1) is 56.8. The molecular weight excluding hydrogens is 324 g/mol. The number of rotatable bonds is 0. The summed E-state index contributed by atoms with van der Waals surface area (Å²) in [6, 6.07) is 0. The van der Waals surface area contributed by atoms with E-state index >= 15 is 0 Å². The van der Waals surface area contributed by atoms with Crippen molar-refractivity contribution in [2.24, 2.45) is 0 Å². The van der Waals surface area contributed by atoms with Crippen molar-refractivity contribution in [2.45, 2.75) is 66.3 Å². The van der Waals surface area contributed by atoms with E-state index in [1.807, 2.05) is 12.2 Å². The molecule has 0 bridgehead atoms. The Balaban J connectivity index is -0.0000000150. The van der Waals surface area contributed by atoms with Crippen molar-refractivity contribution in [2.75, 3.05) is 0 Å². The van der Waals surface area contributed by atoms with Crippen molar-refractivity contribution >= 4 is 0 Å². The first-order valence-electron chi connectivity index (χ1n) is 5.96. The molecule has 0 aromatic rings. The minimum Gasteiger partial charge on any atom is -0.394 e. The van der Waals surface area contributed by atoms with E-state index in [0.29, 0.717) is 0 Å².